The van der Waals surface area contributed by atoms with Crippen LogP contribution in [0.15, 0.2) is 30.6 Å². The van der Waals surface area contributed by atoms with E-state index in [1.54, 1.807) is 11.6 Å². The van der Waals surface area contributed by atoms with Gasteiger partial charge in [0.25, 0.3) is 5.91 Å². The first kappa shape index (κ1) is 19.2. The van der Waals surface area contributed by atoms with Crippen LogP contribution in [0, 0.1) is 5.92 Å². The van der Waals surface area contributed by atoms with Gasteiger partial charge in [0.05, 0.1) is 0 Å². The highest BCUT2D eigenvalue weighted by Gasteiger charge is 2.50. The van der Waals surface area contributed by atoms with Crippen LogP contribution in [0.2, 0.25) is 0 Å². The number of piperidine rings is 1. The lowest BCUT2D eigenvalue weighted by Gasteiger charge is -2.37. The summed E-state index contributed by atoms with van der Waals surface area (Å²) in [6.07, 6.45) is 5.13. The number of hydrogen-bond acceptors (Lipinski definition) is 7. The van der Waals surface area contributed by atoms with Crippen LogP contribution in [0.25, 0.3) is 11.2 Å². The normalized spacial score (nSPS) is 19.3. The molecule has 1 saturated heterocycles. The molecule has 0 unspecified atom stereocenters. The Kier molecular flexibility index (Phi) is 4.21. The van der Waals surface area contributed by atoms with Crippen molar-refractivity contribution in [2.75, 3.05) is 24.5 Å². The highest BCUT2D eigenvalue weighted by atomic mass is 16.5. The molecule has 9 heteroatoms. The summed E-state index contributed by atoms with van der Waals surface area (Å²) in [5.74, 6) is 1.94. The number of rotatable bonds is 4. The van der Waals surface area contributed by atoms with E-state index in [1.165, 1.54) is 19.2 Å². The van der Waals surface area contributed by atoms with Crippen LogP contribution in [0.3, 0.4) is 0 Å². The van der Waals surface area contributed by atoms with Crippen molar-refractivity contribution in [3.63, 3.8) is 0 Å². The summed E-state index contributed by atoms with van der Waals surface area (Å²) in [7, 11) is 1.80. The van der Waals surface area contributed by atoms with Crippen molar-refractivity contribution in [3.05, 3.63) is 42.0 Å². The third kappa shape index (κ3) is 2.87. The Morgan fingerprint density at radius 1 is 1.22 bits per heavy atom. The lowest BCUT2D eigenvalue weighted by molar-refractivity contribution is -0.139. The number of nitrogens with one attached hydrogen (secondary N) is 1. The van der Waals surface area contributed by atoms with E-state index in [4.69, 9.17) is 4.74 Å². The zero-order valence-corrected chi connectivity index (χ0v) is 17.9. The maximum absolute atomic E-state index is 12.8. The maximum Gasteiger partial charge on any atom is 0.322 e. The van der Waals surface area contributed by atoms with E-state index >= 15 is 0 Å². The van der Waals surface area contributed by atoms with Gasteiger partial charge in [0.1, 0.15) is 17.5 Å². The van der Waals surface area contributed by atoms with Crippen LogP contribution in [0.1, 0.15) is 41.9 Å². The molecule has 1 spiro atoms. The number of fused-ring (bicyclic) bond motifs is 3. The summed E-state index contributed by atoms with van der Waals surface area (Å²) in [6.45, 7) is 1.96. The van der Waals surface area contributed by atoms with Gasteiger partial charge in [-0.3, -0.25) is 9.59 Å². The van der Waals surface area contributed by atoms with E-state index in [9.17, 15) is 9.59 Å². The Bertz CT molecular complexity index is 1240. The van der Waals surface area contributed by atoms with Gasteiger partial charge in [-0.2, -0.15) is 0 Å². The van der Waals surface area contributed by atoms with Crippen molar-refractivity contribution in [1.29, 1.82) is 0 Å². The molecule has 4 heterocycles. The number of aryl methyl sites for hydroxylation is 1. The van der Waals surface area contributed by atoms with Gasteiger partial charge in [-0.05, 0) is 37.7 Å². The molecule has 3 aliphatic rings. The van der Waals surface area contributed by atoms with Gasteiger partial charge in [0, 0.05) is 32.2 Å². The minimum absolute atomic E-state index is 0.168. The predicted molar refractivity (Wildman–Crippen MR) is 117 cm³/mol. The molecule has 3 aromatic rings. The first-order valence-electron chi connectivity index (χ1n) is 11.1. The van der Waals surface area contributed by atoms with E-state index in [2.05, 4.69) is 25.2 Å². The Morgan fingerprint density at radius 3 is 2.78 bits per heavy atom. The number of benzene rings is 1. The van der Waals surface area contributed by atoms with Gasteiger partial charge in [-0.1, -0.05) is 18.2 Å². The molecule has 1 aliphatic carbocycles. The minimum atomic E-state index is -0.600. The first-order chi connectivity index (χ1) is 15.6. The van der Waals surface area contributed by atoms with Gasteiger partial charge >= 0.3 is 5.97 Å². The lowest BCUT2D eigenvalue weighted by Crippen LogP contribution is -2.46. The van der Waals surface area contributed by atoms with Crippen LogP contribution in [-0.4, -0.2) is 51.0 Å². The molecule has 32 heavy (non-hydrogen) atoms. The molecule has 1 N–H and O–H groups in total. The molecule has 1 saturated carbocycles. The Labute approximate surface area is 184 Å². The Hall–Kier alpha value is -3.49. The number of ether oxygens (including phenoxy) is 1. The van der Waals surface area contributed by atoms with Crippen LogP contribution >= 0.6 is 0 Å². The van der Waals surface area contributed by atoms with Gasteiger partial charge in [-0.15, -0.1) is 0 Å². The molecule has 1 amide bonds. The molecule has 164 valence electrons. The number of imidazole rings is 1. The van der Waals surface area contributed by atoms with Crippen molar-refractivity contribution >= 4 is 28.9 Å². The molecule has 2 fully saturated rings. The fourth-order valence-electron chi connectivity index (χ4n) is 4.89. The van der Waals surface area contributed by atoms with Gasteiger partial charge in [0.15, 0.2) is 17.0 Å². The molecule has 0 atom stereocenters. The number of aromatic nitrogens is 4. The zero-order chi connectivity index (χ0) is 21.9. The Morgan fingerprint density at radius 2 is 2.00 bits per heavy atom. The summed E-state index contributed by atoms with van der Waals surface area (Å²) >= 11 is 0. The third-order valence-electron chi connectivity index (χ3n) is 7.00. The predicted octanol–water partition coefficient (Wildman–Crippen LogP) is 1.96. The molecular formula is C23H24N6O3. The maximum atomic E-state index is 12.8. The number of amides is 1. The lowest BCUT2D eigenvalue weighted by atomic mass is 9.74. The number of para-hydroxylation sites is 1. The quantitative estimate of drug-likeness (QED) is 0.497. The van der Waals surface area contributed by atoms with Crippen LogP contribution in [0.5, 0.6) is 5.75 Å². The van der Waals surface area contributed by atoms with Crippen molar-refractivity contribution in [2.45, 2.75) is 31.1 Å². The first-order valence-corrected chi connectivity index (χ1v) is 11.1. The monoisotopic (exact) mass is 432 g/mol. The van der Waals surface area contributed by atoms with E-state index in [1.807, 2.05) is 24.3 Å². The molecule has 0 bridgehead atoms. The smallest absolute Gasteiger partial charge is 0.322 e. The Balaban J connectivity index is 1.28. The summed E-state index contributed by atoms with van der Waals surface area (Å²) < 4.78 is 7.28. The number of carbonyl (C=O) groups is 2. The fraction of sp³-hybridized carbons (Fsp3) is 0.435. The third-order valence-corrected chi connectivity index (χ3v) is 7.00. The molecule has 1 aromatic carbocycles. The van der Waals surface area contributed by atoms with E-state index < -0.39 is 5.41 Å². The second-order valence-electron chi connectivity index (χ2n) is 8.97. The average Bonchev–Trinajstić information content (AvgIpc) is 3.54. The van der Waals surface area contributed by atoms with Gasteiger partial charge in [0.2, 0.25) is 5.82 Å². The number of anilines is 1. The van der Waals surface area contributed by atoms with E-state index in [0.717, 1.165) is 5.56 Å². The summed E-state index contributed by atoms with van der Waals surface area (Å²) in [6, 6.07) is 7.68. The van der Waals surface area contributed by atoms with Crippen molar-refractivity contribution < 1.29 is 14.3 Å². The summed E-state index contributed by atoms with van der Waals surface area (Å²) in [4.78, 5) is 41.1. The highest BCUT2D eigenvalue weighted by molar-refractivity contribution is 5.96. The second kappa shape index (κ2) is 7.01. The largest absolute Gasteiger partial charge is 0.426 e. The SMILES string of the molecule is Cn1c(C(=O)NCC2CC2)nc2c(N3CCC4(CC3)C(=O)Oc3ccccc34)ncnc21. The van der Waals surface area contributed by atoms with Gasteiger partial charge in [-0.25, -0.2) is 15.0 Å². The minimum Gasteiger partial charge on any atom is -0.426 e. The van der Waals surface area contributed by atoms with E-state index in [-0.39, 0.29) is 11.9 Å². The van der Waals surface area contributed by atoms with E-state index in [0.29, 0.717) is 66.9 Å². The van der Waals surface area contributed by atoms with Crippen molar-refractivity contribution in [3.8, 4) is 5.75 Å². The molecule has 6 rings (SSSR count). The molecule has 0 radical (unpaired) electrons. The highest BCUT2D eigenvalue weighted by Crippen LogP contribution is 2.46. The number of nitrogens with zero attached hydrogens (tertiary/aromatic N) is 5. The average molecular weight is 432 g/mol. The summed E-state index contributed by atoms with van der Waals surface area (Å²) in [5.41, 5.74) is 1.61. The van der Waals surface area contributed by atoms with Crippen molar-refractivity contribution in [2.24, 2.45) is 13.0 Å². The number of esters is 1. The zero-order valence-electron chi connectivity index (χ0n) is 17.9. The van der Waals surface area contributed by atoms with Crippen LogP contribution in [-0.2, 0) is 17.3 Å². The second-order valence-corrected chi connectivity index (χ2v) is 8.97. The fourth-order valence-corrected chi connectivity index (χ4v) is 4.89. The molecular weight excluding hydrogens is 408 g/mol. The molecule has 2 aromatic heterocycles. The van der Waals surface area contributed by atoms with Gasteiger partial charge < -0.3 is 19.5 Å². The number of carbonyl (C=O) groups excluding carboxylic acids is 2. The number of hydrogen-bond donors (Lipinski definition) is 1. The molecule has 9 nitrogen and oxygen atoms in total. The summed E-state index contributed by atoms with van der Waals surface area (Å²) in [5, 5.41) is 2.97. The standard InChI is InChI=1S/C23H24N6O3/c1-28-18-17(27-20(28)21(30)24-12-14-6-7-14)19(26-13-25-18)29-10-8-23(9-11-29)15-4-2-3-5-16(15)32-22(23)31/h2-5,13-14H,6-12H2,1H3,(H,24,30). The van der Waals surface area contributed by atoms with Crippen LogP contribution in [0.4, 0.5) is 5.82 Å². The molecule has 2 aliphatic heterocycles. The topological polar surface area (TPSA) is 102 Å². The van der Waals surface area contributed by atoms with Crippen LogP contribution < -0.4 is 15.0 Å². The van der Waals surface area contributed by atoms with Crippen molar-refractivity contribution in [1.82, 2.24) is 24.8 Å².